The largest absolute Gasteiger partial charge is 0.364 e. The molecule has 0 saturated carbocycles. The number of hydrogen-bond donors (Lipinski definition) is 3. The molecule has 1 aromatic carbocycles. The fraction of sp³-hybridized carbons (Fsp3) is 0.429. The normalized spacial score (nSPS) is 23.1. The molecule has 0 bridgehead atoms. The van der Waals surface area contributed by atoms with Gasteiger partial charge in [0.05, 0.1) is 11.5 Å². The van der Waals surface area contributed by atoms with Crippen molar-refractivity contribution in [2.45, 2.75) is 38.6 Å². The van der Waals surface area contributed by atoms with Crippen molar-refractivity contribution in [3.05, 3.63) is 40.9 Å². The molecule has 2 aliphatic heterocycles. The zero-order valence-corrected chi connectivity index (χ0v) is 18.0. The van der Waals surface area contributed by atoms with Crippen LogP contribution in [0.1, 0.15) is 43.2 Å². The predicted octanol–water partition coefficient (Wildman–Crippen LogP) is 1.87. The summed E-state index contributed by atoms with van der Waals surface area (Å²) in [4.78, 5) is 43.5. The summed E-state index contributed by atoms with van der Waals surface area (Å²) in [6.07, 6.45) is 0.364. The van der Waals surface area contributed by atoms with Crippen molar-refractivity contribution in [3.8, 4) is 0 Å². The van der Waals surface area contributed by atoms with E-state index in [1.54, 1.807) is 0 Å². The van der Waals surface area contributed by atoms with Gasteiger partial charge in [0.25, 0.3) is 5.91 Å². The number of hydrogen-bond acceptors (Lipinski definition) is 6. The Morgan fingerprint density at radius 1 is 1.37 bits per heavy atom. The Kier molecular flexibility index (Phi) is 4.90. The first-order valence-corrected chi connectivity index (χ1v) is 10.7. The van der Waals surface area contributed by atoms with Gasteiger partial charge in [0.15, 0.2) is 5.13 Å². The van der Waals surface area contributed by atoms with Gasteiger partial charge >= 0.3 is 0 Å². The van der Waals surface area contributed by atoms with Crippen molar-refractivity contribution in [2.75, 3.05) is 23.3 Å². The van der Waals surface area contributed by atoms with E-state index in [-0.39, 0.29) is 22.9 Å². The molecular weight excluding hydrogens is 402 g/mol. The Bertz CT molecular complexity index is 1030. The van der Waals surface area contributed by atoms with Crippen LogP contribution in [0.15, 0.2) is 29.6 Å². The van der Waals surface area contributed by atoms with Gasteiger partial charge in [-0.15, -0.1) is 11.3 Å². The van der Waals surface area contributed by atoms with E-state index in [1.807, 2.05) is 29.2 Å². The first-order chi connectivity index (χ1) is 14.1. The van der Waals surface area contributed by atoms with E-state index in [1.165, 1.54) is 5.38 Å². The number of fused-ring (bicyclic) bond motifs is 2. The Labute approximate surface area is 178 Å². The molecule has 8 nitrogen and oxygen atoms in total. The molecule has 4 N–H and O–H groups in total. The van der Waals surface area contributed by atoms with Crippen LogP contribution < -0.4 is 21.3 Å². The molecule has 158 valence electrons. The van der Waals surface area contributed by atoms with Crippen LogP contribution in [-0.4, -0.2) is 41.8 Å². The zero-order valence-electron chi connectivity index (χ0n) is 17.2. The molecule has 2 aromatic rings. The summed E-state index contributed by atoms with van der Waals surface area (Å²) in [5, 5.41) is 7.76. The number of benzene rings is 1. The van der Waals surface area contributed by atoms with Crippen LogP contribution in [0.4, 0.5) is 10.8 Å². The van der Waals surface area contributed by atoms with Crippen LogP contribution in [0.2, 0.25) is 0 Å². The number of nitrogens with zero attached hydrogens (tertiary/aromatic N) is 2. The van der Waals surface area contributed by atoms with Gasteiger partial charge in [-0.1, -0.05) is 39.0 Å². The summed E-state index contributed by atoms with van der Waals surface area (Å²) in [6, 6.07) is 7.28. The van der Waals surface area contributed by atoms with Gasteiger partial charge in [0.1, 0.15) is 5.69 Å². The maximum absolute atomic E-state index is 13.6. The lowest BCUT2D eigenvalue weighted by Gasteiger charge is -2.29. The molecule has 1 spiro atoms. The van der Waals surface area contributed by atoms with Gasteiger partial charge in [-0.2, -0.15) is 0 Å². The van der Waals surface area contributed by atoms with E-state index in [0.717, 1.165) is 22.6 Å². The number of anilines is 2. The van der Waals surface area contributed by atoms with Crippen LogP contribution >= 0.6 is 11.3 Å². The molecule has 0 aliphatic carbocycles. The predicted molar refractivity (Wildman–Crippen MR) is 116 cm³/mol. The van der Waals surface area contributed by atoms with E-state index < -0.39 is 17.4 Å². The Hall–Kier alpha value is -2.78. The van der Waals surface area contributed by atoms with Crippen LogP contribution in [0, 0.1) is 5.41 Å². The topological polar surface area (TPSA) is 117 Å². The summed E-state index contributed by atoms with van der Waals surface area (Å²) in [5.74, 6) is -0.889. The minimum absolute atomic E-state index is 0.0340. The van der Waals surface area contributed by atoms with E-state index in [0.29, 0.717) is 24.6 Å². The Morgan fingerprint density at radius 2 is 2.10 bits per heavy atom. The highest BCUT2D eigenvalue weighted by molar-refractivity contribution is 7.14. The van der Waals surface area contributed by atoms with E-state index in [2.05, 4.69) is 36.4 Å². The van der Waals surface area contributed by atoms with Crippen molar-refractivity contribution in [1.82, 2.24) is 10.3 Å². The number of para-hydroxylation sites is 1. The quantitative estimate of drug-likeness (QED) is 0.689. The van der Waals surface area contributed by atoms with E-state index in [9.17, 15) is 14.4 Å². The summed E-state index contributed by atoms with van der Waals surface area (Å²) in [7, 11) is 0. The fourth-order valence-electron chi connectivity index (χ4n) is 4.21. The van der Waals surface area contributed by atoms with Gasteiger partial charge in [0.2, 0.25) is 11.8 Å². The molecule has 2 unspecified atom stereocenters. The second-order valence-electron chi connectivity index (χ2n) is 9.08. The number of amides is 3. The number of carbonyl (C=O) groups excluding carboxylic acids is 3. The second kappa shape index (κ2) is 7.17. The second-order valence-corrected chi connectivity index (χ2v) is 9.94. The van der Waals surface area contributed by atoms with Crippen molar-refractivity contribution >= 4 is 39.9 Å². The lowest BCUT2D eigenvalue weighted by Crippen LogP contribution is -2.44. The lowest BCUT2D eigenvalue weighted by atomic mass is 9.79. The summed E-state index contributed by atoms with van der Waals surface area (Å²) in [5.41, 5.74) is 6.40. The third-order valence-electron chi connectivity index (χ3n) is 5.50. The van der Waals surface area contributed by atoms with Crippen LogP contribution in [0.5, 0.6) is 0 Å². The molecule has 1 saturated heterocycles. The molecule has 1 fully saturated rings. The number of nitrogens with one attached hydrogen (secondary N) is 2. The van der Waals surface area contributed by atoms with Gasteiger partial charge in [0, 0.05) is 24.2 Å². The third kappa shape index (κ3) is 3.48. The molecular formula is C21H25N5O3S. The van der Waals surface area contributed by atoms with Gasteiger partial charge in [-0.3, -0.25) is 14.4 Å². The van der Waals surface area contributed by atoms with E-state index >= 15 is 0 Å². The van der Waals surface area contributed by atoms with Gasteiger partial charge < -0.3 is 21.3 Å². The Morgan fingerprint density at radius 3 is 2.77 bits per heavy atom. The molecule has 3 amide bonds. The number of rotatable bonds is 4. The maximum Gasteiger partial charge on any atom is 0.268 e. The highest BCUT2D eigenvalue weighted by atomic mass is 32.1. The summed E-state index contributed by atoms with van der Waals surface area (Å²) in [6.45, 7) is 7.31. The van der Waals surface area contributed by atoms with Crippen LogP contribution in [0.25, 0.3) is 0 Å². The highest BCUT2D eigenvalue weighted by Crippen LogP contribution is 2.47. The molecule has 2 aliphatic rings. The summed E-state index contributed by atoms with van der Waals surface area (Å²) >= 11 is 1.14. The molecule has 0 radical (unpaired) electrons. The first kappa shape index (κ1) is 20.5. The number of primary amides is 1. The van der Waals surface area contributed by atoms with Crippen LogP contribution in [-0.2, 0) is 15.0 Å². The molecule has 2 atom stereocenters. The Balaban J connectivity index is 1.56. The average Bonchev–Trinajstić information content (AvgIpc) is 3.37. The van der Waals surface area contributed by atoms with E-state index in [4.69, 9.17) is 5.73 Å². The van der Waals surface area contributed by atoms with Gasteiger partial charge in [-0.25, -0.2) is 4.98 Å². The van der Waals surface area contributed by atoms with Crippen molar-refractivity contribution in [2.24, 2.45) is 11.1 Å². The zero-order chi connectivity index (χ0) is 21.7. The van der Waals surface area contributed by atoms with Crippen molar-refractivity contribution in [1.29, 1.82) is 0 Å². The summed E-state index contributed by atoms with van der Waals surface area (Å²) < 4.78 is 0. The highest BCUT2D eigenvalue weighted by Gasteiger charge is 2.56. The average molecular weight is 428 g/mol. The SMILES string of the molecule is CC(C)(C)CN1C(=O)C2(CNC(C(=O)Nc3nc(C(N)=O)cs3)C2)c2ccccc21. The minimum Gasteiger partial charge on any atom is -0.364 e. The number of aromatic nitrogens is 1. The van der Waals surface area contributed by atoms with Crippen LogP contribution in [0.3, 0.4) is 0 Å². The smallest absolute Gasteiger partial charge is 0.268 e. The molecule has 1 aromatic heterocycles. The third-order valence-corrected chi connectivity index (χ3v) is 6.26. The standard InChI is InChI=1S/C21H25N5O3S/c1-20(2,3)11-26-15-7-5-4-6-12(15)21(18(26)29)8-13(23-10-21)17(28)25-19-24-14(9-30-19)16(22)27/h4-7,9,13,23H,8,10-11H2,1-3H3,(H2,22,27)(H,24,25,28). The molecule has 3 heterocycles. The fourth-order valence-corrected chi connectivity index (χ4v) is 4.91. The number of thiazole rings is 1. The van der Waals surface area contributed by atoms with Crippen molar-refractivity contribution in [3.63, 3.8) is 0 Å². The maximum atomic E-state index is 13.6. The number of carbonyl (C=O) groups is 3. The minimum atomic E-state index is -0.759. The van der Waals surface area contributed by atoms with Crippen molar-refractivity contribution < 1.29 is 14.4 Å². The number of nitrogens with two attached hydrogens (primary N) is 1. The first-order valence-electron chi connectivity index (χ1n) is 9.82. The molecule has 9 heteroatoms. The lowest BCUT2D eigenvalue weighted by molar-refractivity contribution is -0.123. The monoisotopic (exact) mass is 427 g/mol. The molecule has 30 heavy (non-hydrogen) atoms. The van der Waals surface area contributed by atoms with Gasteiger partial charge in [-0.05, 0) is 23.5 Å². The molecule has 4 rings (SSSR count).